The molecule has 0 heterocycles. The van der Waals surface area contributed by atoms with Crippen LogP contribution in [0.15, 0.2) is 46.9 Å². The minimum atomic E-state index is 0.168. The first-order valence-corrected chi connectivity index (χ1v) is 7.60. The van der Waals surface area contributed by atoms with Crippen LogP contribution in [0.5, 0.6) is 0 Å². The third-order valence-electron chi connectivity index (χ3n) is 3.25. The van der Waals surface area contributed by atoms with Gasteiger partial charge in [-0.2, -0.15) is 0 Å². The van der Waals surface area contributed by atoms with Crippen LogP contribution >= 0.6 is 28.1 Å². The van der Waals surface area contributed by atoms with Crippen LogP contribution < -0.4 is 11.1 Å². The molecule has 0 radical (unpaired) electrons. The van der Waals surface area contributed by atoms with Gasteiger partial charge >= 0.3 is 0 Å². The van der Waals surface area contributed by atoms with Gasteiger partial charge in [0.05, 0.1) is 0 Å². The van der Waals surface area contributed by atoms with E-state index in [1.165, 1.54) is 5.56 Å². The molecule has 3 N–H and O–H groups in total. The van der Waals surface area contributed by atoms with Crippen molar-refractivity contribution in [3.05, 3.63) is 63.6 Å². The Kier molecular flexibility index (Phi) is 4.78. The van der Waals surface area contributed by atoms with Crippen molar-refractivity contribution in [2.24, 2.45) is 5.73 Å². The second-order valence-corrected chi connectivity index (χ2v) is 6.14. The number of rotatable bonds is 4. The summed E-state index contributed by atoms with van der Waals surface area (Å²) in [5.41, 5.74) is 10.0. The topological polar surface area (TPSA) is 38.0 Å². The number of aryl methyl sites for hydroxylation is 1. The average Bonchev–Trinajstić information content (AvgIpc) is 2.40. The van der Waals surface area contributed by atoms with Crippen LogP contribution in [-0.2, 0) is 0 Å². The van der Waals surface area contributed by atoms with Gasteiger partial charge in [-0.15, -0.1) is 0 Å². The maximum atomic E-state index is 5.81. The highest BCUT2D eigenvalue weighted by Gasteiger charge is 2.12. The normalized spacial score (nSPS) is 11.9. The molecule has 0 aliphatic carbocycles. The number of benzene rings is 2. The SMILES string of the molecule is Cc1cccc(C(N)=S)c1NC(C)c1cccc(Br)c1. The molecule has 2 aromatic carbocycles. The van der Waals surface area contributed by atoms with Crippen LogP contribution in [0, 0.1) is 6.92 Å². The van der Waals surface area contributed by atoms with Crippen molar-refractivity contribution < 1.29 is 0 Å². The molecular formula is C16H17BrN2S. The monoisotopic (exact) mass is 348 g/mol. The molecule has 0 fully saturated rings. The average molecular weight is 349 g/mol. The second kappa shape index (κ2) is 6.37. The van der Waals surface area contributed by atoms with E-state index in [2.05, 4.69) is 53.3 Å². The summed E-state index contributed by atoms with van der Waals surface area (Å²) in [6.07, 6.45) is 0. The number of nitrogens with one attached hydrogen (secondary N) is 1. The molecule has 0 aliphatic heterocycles. The number of halogens is 1. The van der Waals surface area contributed by atoms with Gasteiger partial charge in [-0.3, -0.25) is 0 Å². The fourth-order valence-corrected chi connectivity index (χ4v) is 2.73. The molecule has 4 heteroatoms. The Labute approximate surface area is 133 Å². The molecule has 2 rings (SSSR count). The molecule has 0 spiro atoms. The summed E-state index contributed by atoms with van der Waals surface area (Å²) >= 11 is 8.63. The lowest BCUT2D eigenvalue weighted by molar-refractivity contribution is 0.881. The van der Waals surface area contributed by atoms with Crippen LogP contribution in [0.1, 0.15) is 29.7 Å². The highest BCUT2D eigenvalue weighted by molar-refractivity contribution is 9.10. The highest BCUT2D eigenvalue weighted by atomic mass is 79.9. The number of hydrogen-bond donors (Lipinski definition) is 2. The Morgan fingerprint density at radius 1 is 1.25 bits per heavy atom. The lowest BCUT2D eigenvalue weighted by Crippen LogP contribution is -2.16. The van der Waals surface area contributed by atoms with E-state index in [4.69, 9.17) is 18.0 Å². The lowest BCUT2D eigenvalue weighted by atomic mass is 10.0. The number of hydrogen-bond acceptors (Lipinski definition) is 2. The first-order valence-electron chi connectivity index (χ1n) is 6.40. The molecule has 0 amide bonds. The largest absolute Gasteiger partial charge is 0.389 e. The molecule has 0 aliphatic rings. The number of para-hydroxylation sites is 1. The van der Waals surface area contributed by atoms with Crippen molar-refractivity contribution in [3.63, 3.8) is 0 Å². The Morgan fingerprint density at radius 2 is 1.95 bits per heavy atom. The van der Waals surface area contributed by atoms with Crippen molar-refractivity contribution in [1.29, 1.82) is 0 Å². The Bertz CT molecular complexity index is 640. The number of nitrogens with two attached hydrogens (primary N) is 1. The maximum absolute atomic E-state index is 5.81. The van der Waals surface area contributed by atoms with Crippen LogP contribution in [0.25, 0.3) is 0 Å². The summed E-state index contributed by atoms with van der Waals surface area (Å²) in [4.78, 5) is 0.414. The van der Waals surface area contributed by atoms with Crippen LogP contribution in [0.4, 0.5) is 5.69 Å². The molecular weight excluding hydrogens is 332 g/mol. The van der Waals surface area contributed by atoms with Crippen molar-refractivity contribution in [2.75, 3.05) is 5.32 Å². The molecule has 0 bridgehead atoms. The molecule has 2 nitrogen and oxygen atoms in total. The smallest absolute Gasteiger partial charge is 0.106 e. The number of thiocarbonyl (C=S) groups is 1. The quantitative estimate of drug-likeness (QED) is 0.795. The van der Waals surface area contributed by atoms with Gasteiger partial charge < -0.3 is 11.1 Å². The van der Waals surface area contributed by atoms with E-state index in [-0.39, 0.29) is 6.04 Å². The summed E-state index contributed by atoms with van der Waals surface area (Å²) < 4.78 is 1.07. The third-order valence-corrected chi connectivity index (χ3v) is 3.96. The minimum Gasteiger partial charge on any atom is -0.389 e. The zero-order valence-electron chi connectivity index (χ0n) is 11.5. The summed E-state index contributed by atoms with van der Waals surface area (Å²) in [6, 6.07) is 14.4. The fourth-order valence-electron chi connectivity index (χ4n) is 2.14. The summed E-state index contributed by atoms with van der Waals surface area (Å²) in [6.45, 7) is 4.18. The Balaban J connectivity index is 2.32. The van der Waals surface area contributed by atoms with Crippen molar-refractivity contribution >= 4 is 38.8 Å². The predicted molar refractivity (Wildman–Crippen MR) is 93.2 cm³/mol. The second-order valence-electron chi connectivity index (χ2n) is 4.78. The van der Waals surface area contributed by atoms with Crippen LogP contribution in [-0.4, -0.2) is 4.99 Å². The summed E-state index contributed by atoms with van der Waals surface area (Å²) in [7, 11) is 0. The Morgan fingerprint density at radius 3 is 2.60 bits per heavy atom. The lowest BCUT2D eigenvalue weighted by Gasteiger charge is -2.20. The number of anilines is 1. The van der Waals surface area contributed by atoms with E-state index in [0.29, 0.717) is 4.99 Å². The minimum absolute atomic E-state index is 0.168. The van der Waals surface area contributed by atoms with E-state index < -0.39 is 0 Å². The summed E-state index contributed by atoms with van der Waals surface area (Å²) in [5, 5.41) is 3.52. The fraction of sp³-hybridized carbons (Fsp3) is 0.188. The highest BCUT2D eigenvalue weighted by Crippen LogP contribution is 2.27. The van der Waals surface area contributed by atoms with Gasteiger partial charge in [0.2, 0.25) is 0 Å². The molecule has 0 aromatic heterocycles. The van der Waals surface area contributed by atoms with Crippen molar-refractivity contribution in [1.82, 2.24) is 0 Å². The molecule has 1 atom stereocenters. The molecule has 20 heavy (non-hydrogen) atoms. The van der Waals surface area contributed by atoms with Crippen LogP contribution in [0.3, 0.4) is 0 Å². The third kappa shape index (κ3) is 3.38. The van der Waals surface area contributed by atoms with Crippen molar-refractivity contribution in [3.8, 4) is 0 Å². The van der Waals surface area contributed by atoms with E-state index in [1.807, 2.05) is 24.3 Å². The molecule has 1 unspecified atom stereocenters. The molecule has 2 aromatic rings. The van der Waals surface area contributed by atoms with Gasteiger partial charge in [-0.1, -0.05) is 52.4 Å². The maximum Gasteiger partial charge on any atom is 0.106 e. The first-order chi connectivity index (χ1) is 9.49. The van der Waals surface area contributed by atoms with Gasteiger partial charge in [-0.25, -0.2) is 0 Å². The van der Waals surface area contributed by atoms with Gasteiger partial charge in [0.15, 0.2) is 0 Å². The Hall–Kier alpha value is -1.39. The van der Waals surface area contributed by atoms with E-state index in [0.717, 1.165) is 21.3 Å². The van der Waals surface area contributed by atoms with Gasteiger partial charge in [-0.05, 0) is 43.2 Å². The van der Waals surface area contributed by atoms with Gasteiger partial charge in [0, 0.05) is 21.8 Å². The first kappa shape index (κ1) is 15.0. The molecule has 0 saturated carbocycles. The molecule has 0 saturated heterocycles. The predicted octanol–water partition coefficient (Wildman–Crippen LogP) is 4.56. The van der Waals surface area contributed by atoms with E-state index in [1.54, 1.807) is 0 Å². The van der Waals surface area contributed by atoms with Crippen LogP contribution in [0.2, 0.25) is 0 Å². The molecule has 104 valence electrons. The zero-order chi connectivity index (χ0) is 14.7. The summed E-state index contributed by atoms with van der Waals surface area (Å²) in [5.74, 6) is 0. The van der Waals surface area contributed by atoms with Crippen molar-refractivity contribution in [2.45, 2.75) is 19.9 Å². The van der Waals surface area contributed by atoms with Gasteiger partial charge in [0.25, 0.3) is 0 Å². The zero-order valence-corrected chi connectivity index (χ0v) is 13.9. The van der Waals surface area contributed by atoms with Gasteiger partial charge in [0.1, 0.15) is 4.99 Å². The van der Waals surface area contributed by atoms with E-state index in [9.17, 15) is 0 Å². The van der Waals surface area contributed by atoms with E-state index >= 15 is 0 Å². The standard InChI is InChI=1S/C16H17BrN2S/c1-10-5-3-8-14(16(18)20)15(10)19-11(2)12-6-4-7-13(17)9-12/h3-9,11,19H,1-2H3,(H2,18,20).